The summed E-state index contributed by atoms with van der Waals surface area (Å²) < 4.78 is 14.6. The van der Waals surface area contributed by atoms with E-state index in [0.717, 1.165) is 98.7 Å². The lowest BCUT2D eigenvalue weighted by Gasteiger charge is -2.44. The van der Waals surface area contributed by atoms with E-state index in [2.05, 4.69) is 55.3 Å². The predicted octanol–water partition coefficient (Wildman–Crippen LogP) is 6.30. The molecule has 230 valence electrons. The molecule has 1 N–H and O–H groups in total. The Bertz CT molecular complexity index is 1500. The summed E-state index contributed by atoms with van der Waals surface area (Å²) in [6.45, 7) is 10.1. The van der Waals surface area contributed by atoms with Crippen LogP contribution in [0.4, 0.5) is 16.4 Å². The van der Waals surface area contributed by atoms with Gasteiger partial charge in [-0.3, -0.25) is 0 Å². The van der Waals surface area contributed by atoms with Gasteiger partial charge in [0.15, 0.2) is 29.0 Å². The van der Waals surface area contributed by atoms with Crippen LogP contribution >= 0.6 is 15.9 Å². The van der Waals surface area contributed by atoms with Crippen molar-refractivity contribution < 1.29 is 14.3 Å². The summed E-state index contributed by atoms with van der Waals surface area (Å²) in [5.74, 6) is 1.76. The molecule has 0 radical (unpaired) electrons. The van der Waals surface area contributed by atoms with Gasteiger partial charge in [0.05, 0.1) is 6.04 Å². The van der Waals surface area contributed by atoms with Crippen molar-refractivity contribution in [2.24, 2.45) is 5.41 Å². The monoisotopic (exact) mass is 651 g/mol. The lowest BCUT2D eigenvalue weighted by atomic mass is 9.72. The molecule has 1 spiro atoms. The van der Waals surface area contributed by atoms with Crippen molar-refractivity contribution in [2.75, 3.05) is 42.6 Å². The minimum atomic E-state index is -0.549. The van der Waals surface area contributed by atoms with E-state index in [1.54, 1.807) is 0 Å². The van der Waals surface area contributed by atoms with Gasteiger partial charge in [0, 0.05) is 38.2 Å². The number of hydrogen-bond donors (Lipinski definition) is 1. The van der Waals surface area contributed by atoms with Gasteiger partial charge in [-0.25, -0.2) is 19.4 Å². The van der Waals surface area contributed by atoms with Crippen LogP contribution in [0.3, 0.4) is 0 Å². The van der Waals surface area contributed by atoms with Crippen molar-refractivity contribution in [1.82, 2.24) is 25.1 Å². The van der Waals surface area contributed by atoms with E-state index in [0.29, 0.717) is 0 Å². The van der Waals surface area contributed by atoms with E-state index in [4.69, 9.17) is 24.5 Å². The fourth-order valence-electron chi connectivity index (χ4n) is 7.44. The Morgan fingerprint density at radius 3 is 2.49 bits per heavy atom. The summed E-state index contributed by atoms with van der Waals surface area (Å²) in [7, 11) is 0. The number of nitrogens with one attached hydrogen (secondary N) is 1. The molecular weight excluding hydrogens is 610 g/mol. The summed E-state index contributed by atoms with van der Waals surface area (Å²) in [5, 5.41) is 8.34. The van der Waals surface area contributed by atoms with Crippen molar-refractivity contribution in [3.63, 3.8) is 0 Å². The largest absolute Gasteiger partial charge is 0.444 e. The molecule has 1 aliphatic carbocycles. The summed E-state index contributed by atoms with van der Waals surface area (Å²) in [4.78, 5) is 28.0. The highest BCUT2D eigenvalue weighted by Gasteiger charge is 2.49. The first kappa shape index (κ1) is 28.8. The molecule has 3 saturated heterocycles. The minimum absolute atomic E-state index is 0.0816. The number of anilines is 2. The fraction of sp³-hybridized carbons (Fsp3) is 0.625. The Balaban J connectivity index is 1.17. The Morgan fingerprint density at radius 2 is 1.77 bits per heavy atom. The number of hydrogen-bond acceptors (Lipinski definition) is 8. The number of ether oxygens (including phenoxy) is 2. The third-order valence-corrected chi connectivity index (χ3v) is 10.1. The molecule has 0 saturated carbocycles. The normalized spacial score (nSPS) is 23.6. The van der Waals surface area contributed by atoms with Crippen molar-refractivity contribution in [2.45, 2.75) is 90.0 Å². The quantitative estimate of drug-likeness (QED) is 0.351. The number of alkyl carbamates (subject to hydrolysis) is 1. The Kier molecular flexibility index (Phi) is 7.52. The third kappa shape index (κ3) is 5.47. The van der Waals surface area contributed by atoms with Crippen LogP contribution in [-0.2, 0) is 15.9 Å². The average Bonchev–Trinajstić information content (AvgIpc) is 3.70. The summed E-state index contributed by atoms with van der Waals surface area (Å²) in [6.07, 6.45) is 7.78. The zero-order valence-corrected chi connectivity index (χ0v) is 27.0. The lowest BCUT2D eigenvalue weighted by molar-refractivity contribution is -0.0369. The number of fused-ring (bicyclic) bond motifs is 2. The van der Waals surface area contributed by atoms with Gasteiger partial charge in [-0.1, -0.05) is 24.3 Å². The number of carbonyl (C=O) groups excluding carboxylic acids is 1. The van der Waals surface area contributed by atoms with Crippen LogP contribution in [0.15, 0.2) is 28.9 Å². The second-order valence-corrected chi connectivity index (χ2v) is 14.3. The van der Waals surface area contributed by atoms with Crippen molar-refractivity contribution in [1.29, 1.82) is 0 Å². The molecule has 3 aliphatic heterocycles. The minimum Gasteiger partial charge on any atom is -0.444 e. The number of carbonyl (C=O) groups is 1. The van der Waals surface area contributed by atoms with Crippen LogP contribution in [0.2, 0.25) is 0 Å². The van der Waals surface area contributed by atoms with E-state index in [1.165, 1.54) is 24.0 Å². The van der Waals surface area contributed by atoms with Gasteiger partial charge in [0.2, 0.25) is 0 Å². The van der Waals surface area contributed by atoms with E-state index in [-0.39, 0.29) is 23.8 Å². The first-order valence-corrected chi connectivity index (χ1v) is 16.6. The van der Waals surface area contributed by atoms with Crippen molar-refractivity contribution in [3.05, 3.63) is 40.0 Å². The topological polar surface area (TPSA) is 97.6 Å². The van der Waals surface area contributed by atoms with Crippen LogP contribution < -0.4 is 15.1 Å². The summed E-state index contributed by atoms with van der Waals surface area (Å²) in [5.41, 5.74) is 3.52. The maximum Gasteiger partial charge on any atom is 0.408 e. The third-order valence-electron chi connectivity index (χ3n) is 9.52. The van der Waals surface area contributed by atoms with Crippen LogP contribution in [-0.4, -0.2) is 64.2 Å². The van der Waals surface area contributed by atoms with Gasteiger partial charge in [-0.15, -0.1) is 5.10 Å². The first-order valence-electron chi connectivity index (χ1n) is 15.9. The summed E-state index contributed by atoms with van der Waals surface area (Å²) >= 11 is 3.80. The van der Waals surface area contributed by atoms with Gasteiger partial charge >= 0.3 is 6.09 Å². The zero-order chi connectivity index (χ0) is 29.8. The van der Waals surface area contributed by atoms with Crippen LogP contribution in [0.25, 0.3) is 11.2 Å². The maximum atomic E-state index is 13.0. The van der Waals surface area contributed by atoms with Gasteiger partial charge in [-0.2, -0.15) is 0 Å². The second kappa shape index (κ2) is 11.2. The molecule has 3 aromatic rings. The molecular formula is C32H42BrN7O3. The van der Waals surface area contributed by atoms with Gasteiger partial charge in [0.1, 0.15) is 10.2 Å². The number of benzene rings is 1. The molecule has 11 heteroatoms. The molecule has 4 aliphatic rings. The van der Waals surface area contributed by atoms with E-state index in [1.807, 2.05) is 25.5 Å². The van der Waals surface area contributed by atoms with Gasteiger partial charge < -0.3 is 24.6 Å². The Labute approximate surface area is 261 Å². The fourth-order valence-corrected chi connectivity index (χ4v) is 7.95. The highest BCUT2D eigenvalue weighted by Crippen LogP contribution is 2.52. The van der Waals surface area contributed by atoms with E-state index in [9.17, 15) is 4.79 Å². The molecule has 1 aromatic carbocycles. The lowest BCUT2D eigenvalue weighted by Crippen LogP contribution is -2.48. The number of amides is 1. The molecule has 7 rings (SSSR count). The number of aromatic nitrogens is 4. The van der Waals surface area contributed by atoms with E-state index >= 15 is 0 Å². The molecule has 2 atom stereocenters. The maximum absolute atomic E-state index is 13.0. The van der Waals surface area contributed by atoms with Crippen LogP contribution in [0, 0.1) is 5.41 Å². The standard InChI is InChI=1S/C32H42BrN7O3/c1-31(2,3)43-30(41)35-25-22-11-5-4-10-21(22)20-32(25)13-17-39(18-14-32)29-26(33)34-24-27(36-29)40(23-12-6-9-19-42-23)37-28(24)38-15-7-8-16-38/h4-5,10-11,23,25H,6-9,12-20H2,1-3H3,(H,35,41)/t23?,25-/m1/s1. The molecule has 5 heterocycles. The predicted molar refractivity (Wildman–Crippen MR) is 169 cm³/mol. The number of nitrogens with zero attached hydrogens (tertiary/aromatic N) is 6. The molecule has 3 fully saturated rings. The van der Waals surface area contributed by atoms with Crippen LogP contribution in [0.5, 0.6) is 0 Å². The first-order chi connectivity index (χ1) is 20.7. The highest BCUT2D eigenvalue weighted by atomic mass is 79.9. The zero-order valence-electron chi connectivity index (χ0n) is 25.4. The number of rotatable bonds is 4. The van der Waals surface area contributed by atoms with Crippen molar-refractivity contribution in [3.8, 4) is 0 Å². The van der Waals surface area contributed by atoms with Crippen molar-refractivity contribution >= 4 is 44.8 Å². The summed E-state index contributed by atoms with van der Waals surface area (Å²) in [6, 6.07) is 8.41. The molecule has 1 amide bonds. The average molecular weight is 653 g/mol. The van der Waals surface area contributed by atoms with Crippen LogP contribution in [0.1, 0.15) is 89.1 Å². The smallest absolute Gasteiger partial charge is 0.408 e. The SMILES string of the molecule is CC(C)(C)OC(=O)N[C@@H]1c2ccccc2CC12CCN(c1nc3c(nc1Br)c(N1CCCC1)nn3C1CCCCO1)CC2. The van der Waals surface area contributed by atoms with Gasteiger partial charge in [-0.05, 0) is 99.2 Å². The number of piperidine rings is 1. The molecule has 0 bridgehead atoms. The van der Waals surface area contributed by atoms with Gasteiger partial charge in [0.25, 0.3) is 0 Å². The molecule has 43 heavy (non-hydrogen) atoms. The molecule has 1 unspecified atom stereocenters. The molecule has 2 aromatic heterocycles. The second-order valence-electron chi connectivity index (χ2n) is 13.6. The Morgan fingerprint density at radius 1 is 1.02 bits per heavy atom. The highest BCUT2D eigenvalue weighted by molar-refractivity contribution is 9.10. The Hall–Kier alpha value is -2.92. The number of halogens is 1. The molecule has 10 nitrogen and oxygen atoms in total. The van der Waals surface area contributed by atoms with E-state index < -0.39 is 5.60 Å².